The maximum Gasteiger partial charge on any atom is 0.273 e. The van der Waals surface area contributed by atoms with Crippen LogP contribution in [0.4, 0.5) is 5.69 Å². The van der Waals surface area contributed by atoms with Crippen molar-refractivity contribution in [2.75, 3.05) is 11.1 Å². The van der Waals surface area contributed by atoms with Crippen LogP contribution in [0, 0.1) is 13.8 Å². The minimum absolute atomic E-state index is 0.119. The Labute approximate surface area is 171 Å². The number of thioether (sulfide) groups is 1. The van der Waals surface area contributed by atoms with Crippen LogP contribution in [0.15, 0.2) is 52.4 Å². The fraction of sp³-hybridized carbons (Fsp3) is 0.200. The average molecular weight is 415 g/mol. The van der Waals surface area contributed by atoms with Crippen molar-refractivity contribution in [3.63, 3.8) is 0 Å². The van der Waals surface area contributed by atoms with Crippen molar-refractivity contribution in [2.45, 2.75) is 25.4 Å². The Kier molecular flexibility index (Phi) is 6.49. The van der Waals surface area contributed by atoms with Gasteiger partial charge < -0.3 is 5.32 Å². The predicted octanol–water partition coefficient (Wildman–Crippen LogP) is 3.76. The molecule has 0 bridgehead atoms. The fourth-order valence-electron chi connectivity index (χ4n) is 2.47. The molecule has 0 saturated carbocycles. The first-order valence-corrected chi connectivity index (χ1v) is 9.97. The van der Waals surface area contributed by atoms with Gasteiger partial charge in [-0.05, 0) is 54.8 Å². The lowest BCUT2D eigenvalue weighted by atomic mass is 10.1. The molecule has 0 aliphatic carbocycles. The Morgan fingerprint density at radius 1 is 1.11 bits per heavy atom. The van der Waals surface area contributed by atoms with E-state index in [0.29, 0.717) is 22.3 Å². The largest absolute Gasteiger partial charge is 0.325 e. The summed E-state index contributed by atoms with van der Waals surface area (Å²) in [6, 6.07) is 12.9. The highest BCUT2D eigenvalue weighted by Crippen LogP contribution is 2.16. The molecule has 8 heteroatoms. The Balaban J connectivity index is 1.58. The second-order valence-electron chi connectivity index (χ2n) is 6.35. The number of carbonyl (C=O) groups excluding carboxylic acids is 1. The van der Waals surface area contributed by atoms with Crippen LogP contribution in [0.1, 0.15) is 22.4 Å². The molecular weight excluding hydrogens is 396 g/mol. The number of rotatable bonds is 6. The molecule has 0 saturated heterocycles. The van der Waals surface area contributed by atoms with E-state index in [0.717, 1.165) is 28.6 Å². The molecule has 2 aromatic carbocycles. The number of halogens is 1. The van der Waals surface area contributed by atoms with Crippen molar-refractivity contribution in [1.82, 2.24) is 15.2 Å². The Morgan fingerprint density at radius 3 is 2.54 bits per heavy atom. The molecule has 6 nitrogen and oxygen atoms in total. The van der Waals surface area contributed by atoms with Gasteiger partial charge in [-0.15, -0.1) is 10.2 Å². The average Bonchev–Trinajstić information content (AvgIpc) is 2.67. The highest BCUT2D eigenvalue weighted by atomic mass is 35.5. The van der Waals surface area contributed by atoms with Crippen molar-refractivity contribution >= 4 is 35.0 Å². The van der Waals surface area contributed by atoms with E-state index in [1.165, 1.54) is 5.56 Å². The van der Waals surface area contributed by atoms with Gasteiger partial charge in [-0.25, -0.2) is 0 Å². The first-order chi connectivity index (χ1) is 13.4. The fourth-order valence-corrected chi connectivity index (χ4v) is 3.20. The molecule has 144 valence electrons. The van der Waals surface area contributed by atoms with Gasteiger partial charge in [-0.1, -0.05) is 41.6 Å². The maximum absolute atomic E-state index is 12.2. The van der Waals surface area contributed by atoms with Crippen molar-refractivity contribution in [2.24, 2.45) is 0 Å². The monoisotopic (exact) mass is 414 g/mol. The smallest absolute Gasteiger partial charge is 0.273 e. The molecule has 0 fully saturated rings. The van der Waals surface area contributed by atoms with Gasteiger partial charge in [-0.3, -0.25) is 14.6 Å². The first kappa shape index (κ1) is 20.1. The van der Waals surface area contributed by atoms with Crippen LogP contribution in [-0.2, 0) is 11.2 Å². The van der Waals surface area contributed by atoms with Crippen molar-refractivity contribution in [3.8, 4) is 0 Å². The summed E-state index contributed by atoms with van der Waals surface area (Å²) in [5, 5.41) is 11.8. The maximum atomic E-state index is 12.2. The minimum atomic E-state index is -0.318. The summed E-state index contributed by atoms with van der Waals surface area (Å²) in [5.74, 6) is -0.0604. The number of amides is 1. The summed E-state index contributed by atoms with van der Waals surface area (Å²) in [4.78, 5) is 27.0. The topological polar surface area (TPSA) is 87.7 Å². The minimum Gasteiger partial charge on any atom is -0.325 e. The van der Waals surface area contributed by atoms with Gasteiger partial charge >= 0.3 is 0 Å². The van der Waals surface area contributed by atoms with Gasteiger partial charge in [0.15, 0.2) is 5.16 Å². The lowest BCUT2D eigenvalue weighted by molar-refractivity contribution is -0.113. The summed E-state index contributed by atoms with van der Waals surface area (Å²) in [7, 11) is 0. The number of aryl methyl sites for hydroxylation is 2. The first-order valence-electron chi connectivity index (χ1n) is 8.61. The number of nitrogens with zero attached hydrogens (tertiary/aromatic N) is 2. The van der Waals surface area contributed by atoms with Crippen molar-refractivity contribution < 1.29 is 4.79 Å². The van der Waals surface area contributed by atoms with Crippen LogP contribution >= 0.6 is 23.4 Å². The molecule has 1 aromatic heterocycles. The molecule has 0 atom stereocenters. The van der Waals surface area contributed by atoms with Gasteiger partial charge in [0.2, 0.25) is 5.91 Å². The van der Waals surface area contributed by atoms with Crippen LogP contribution < -0.4 is 10.9 Å². The van der Waals surface area contributed by atoms with Gasteiger partial charge in [0.05, 0.1) is 5.75 Å². The zero-order chi connectivity index (χ0) is 20.1. The van der Waals surface area contributed by atoms with E-state index in [1.54, 1.807) is 12.1 Å². The number of H-pyrrole nitrogens is 1. The summed E-state index contributed by atoms with van der Waals surface area (Å²) in [6.45, 7) is 4.01. The second-order valence-corrected chi connectivity index (χ2v) is 7.75. The highest BCUT2D eigenvalue weighted by Gasteiger charge is 2.09. The lowest BCUT2D eigenvalue weighted by Gasteiger charge is -2.07. The van der Waals surface area contributed by atoms with E-state index in [-0.39, 0.29) is 17.2 Å². The Morgan fingerprint density at radius 2 is 1.86 bits per heavy atom. The number of hydrogen-bond donors (Lipinski definition) is 2. The van der Waals surface area contributed by atoms with Crippen molar-refractivity contribution in [1.29, 1.82) is 0 Å². The van der Waals surface area contributed by atoms with Crippen LogP contribution in [0.3, 0.4) is 0 Å². The number of anilines is 1. The standard InChI is InChI=1S/C20H19ClN4O2S/c1-12-3-8-16(9-13(12)2)22-18(26)11-28-20-23-19(27)17(24-25-20)10-14-4-6-15(21)7-5-14/h3-9H,10-11H2,1-2H3,(H,22,26)(H,23,25,27). The molecule has 0 unspecified atom stereocenters. The van der Waals surface area contributed by atoms with Gasteiger partial charge in [-0.2, -0.15) is 0 Å². The summed E-state index contributed by atoms with van der Waals surface area (Å²) in [5.41, 5.74) is 3.92. The molecule has 0 radical (unpaired) electrons. The lowest BCUT2D eigenvalue weighted by Crippen LogP contribution is -2.19. The van der Waals surface area contributed by atoms with E-state index in [1.807, 2.05) is 44.2 Å². The number of aromatic nitrogens is 3. The van der Waals surface area contributed by atoms with Crippen LogP contribution in [-0.4, -0.2) is 26.8 Å². The van der Waals surface area contributed by atoms with Crippen LogP contribution in [0.2, 0.25) is 5.02 Å². The normalized spacial score (nSPS) is 10.7. The van der Waals surface area contributed by atoms with Gasteiger partial charge in [0, 0.05) is 17.1 Å². The quantitative estimate of drug-likeness (QED) is 0.599. The molecule has 3 aromatic rings. The SMILES string of the molecule is Cc1ccc(NC(=O)CSc2nnc(Cc3ccc(Cl)cc3)c(=O)[nH]2)cc1C. The van der Waals surface area contributed by atoms with E-state index in [2.05, 4.69) is 20.5 Å². The number of hydrogen-bond acceptors (Lipinski definition) is 5. The Bertz CT molecular complexity index is 1050. The van der Waals surface area contributed by atoms with Gasteiger partial charge in [0.1, 0.15) is 5.69 Å². The molecule has 0 aliphatic heterocycles. The van der Waals surface area contributed by atoms with E-state index < -0.39 is 0 Å². The van der Waals surface area contributed by atoms with Gasteiger partial charge in [0.25, 0.3) is 5.56 Å². The third-order valence-corrected chi connectivity index (χ3v) is 5.28. The zero-order valence-corrected chi connectivity index (χ0v) is 17.0. The summed E-state index contributed by atoms with van der Waals surface area (Å²) in [6.07, 6.45) is 0.359. The van der Waals surface area contributed by atoms with Crippen molar-refractivity contribution in [3.05, 3.63) is 80.2 Å². The molecule has 3 rings (SSSR count). The van der Waals surface area contributed by atoms with Crippen LogP contribution in [0.5, 0.6) is 0 Å². The number of aromatic amines is 1. The molecule has 1 amide bonds. The van der Waals surface area contributed by atoms with Crippen LogP contribution in [0.25, 0.3) is 0 Å². The second kappa shape index (κ2) is 9.03. The highest BCUT2D eigenvalue weighted by molar-refractivity contribution is 7.99. The predicted molar refractivity (Wildman–Crippen MR) is 112 cm³/mol. The molecule has 28 heavy (non-hydrogen) atoms. The molecular formula is C20H19ClN4O2S. The Hall–Kier alpha value is -2.64. The molecule has 0 spiro atoms. The van der Waals surface area contributed by atoms with E-state index in [9.17, 15) is 9.59 Å². The van der Waals surface area contributed by atoms with E-state index >= 15 is 0 Å². The number of benzene rings is 2. The molecule has 2 N–H and O–H groups in total. The zero-order valence-electron chi connectivity index (χ0n) is 15.5. The summed E-state index contributed by atoms with van der Waals surface area (Å²) < 4.78 is 0. The summed E-state index contributed by atoms with van der Waals surface area (Å²) >= 11 is 6.99. The third-order valence-electron chi connectivity index (χ3n) is 4.16. The number of carbonyl (C=O) groups is 1. The third kappa shape index (κ3) is 5.43. The molecule has 0 aliphatic rings. The van der Waals surface area contributed by atoms with E-state index in [4.69, 9.17) is 11.6 Å². The number of nitrogens with one attached hydrogen (secondary N) is 2. The molecule has 1 heterocycles.